The van der Waals surface area contributed by atoms with E-state index in [9.17, 15) is 4.79 Å². The molecule has 1 amide bonds. The molecule has 0 aliphatic rings. The summed E-state index contributed by atoms with van der Waals surface area (Å²) in [6, 6.07) is 11.8. The summed E-state index contributed by atoms with van der Waals surface area (Å²) in [4.78, 5) is 17.5. The zero-order valence-electron chi connectivity index (χ0n) is 12.9. The molecule has 0 saturated heterocycles. The Morgan fingerprint density at radius 2 is 2.09 bits per heavy atom. The number of hydrogen-bond acceptors (Lipinski definition) is 4. The van der Waals surface area contributed by atoms with Crippen LogP contribution in [0, 0.1) is 6.92 Å². The van der Waals surface area contributed by atoms with Crippen LogP contribution in [0.5, 0.6) is 0 Å². The van der Waals surface area contributed by atoms with Gasteiger partial charge in [-0.1, -0.05) is 30.3 Å². The first-order valence-corrected chi connectivity index (χ1v) is 8.34. The van der Waals surface area contributed by atoms with Gasteiger partial charge in [0.25, 0.3) is 5.91 Å². The van der Waals surface area contributed by atoms with Gasteiger partial charge in [-0.25, -0.2) is 4.98 Å². The smallest absolute Gasteiger partial charge is 0.263 e. The summed E-state index contributed by atoms with van der Waals surface area (Å²) in [5, 5.41) is 7.97. The molecule has 0 radical (unpaired) electrons. The van der Waals surface area contributed by atoms with Gasteiger partial charge in [0.2, 0.25) is 0 Å². The third-order valence-electron chi connectivity index (χ3n) is 3.43. The Hall–Kier alpha value is -2.47. The lowest BCUT2D eigenvalue weighted by molar-refractivity contribution is 0.0956. The van der Waals surface area contributed by atoms with Gasteiger partial charge in [-0.3, -0.25) is 9.48 Å². The summed E-state index contributed by atoms with van der Waals surface area (Å²) in [7, 11) is 0. The minimum atomic E-state index is -0.0531. The fourth-order valence-electron chi connectivity index (χ4n) is 2.27. The van der Waals surface area contributed by atoms with E-state index in [4.69, 9.17) is 0 Å². The molecule has 0 unspecified atom stereocenters. The summed E-state index contributed by atoms with van der Waals surface area (Å²) in [6.07, 6.45) is 4.52. The van der Waals surface area contributed by atoms with Crippen molar-refractivity contribution in [3.05, 3.63) is 59.4 Å². The zero-order chi connectivity index (χ0) is 16.1. The van der Waals surface area contributed by atoms with Crippen molar-refractivity contribution in [3.8, 4) is 10.6 Å². The van der Waals surface area contributed by atoms with E-state index >= 15 is 0 Å². The maximum Gasteiger partial charge on any atom is 0.263 e. The highest BCUT2D eigenvalue weighted by Crippen LogP contribution is 2.27. The standard InChI is InChI=1S/C17H18N4OS/c1-13-15(23-17(20-13)14-7-3-2-4-8-14)16(22)18-9-5-11-21-12-6-10-19-21/h2-4,6-8,10,12H,5,9,11H2,1H3,(H,18,22). The lowest BCUT2D eigenvalue weighted by Crippen LogP contribution is -2.25. The molecule has 0 bridgehead atoms. The molecule has 3 rings (SSSR count). The first-order chi connectivity index (χ1) is 11.2. The van der Waals surface area contributed by atoms with Crippen molar-refractivity contribution in [2.24, 2.45) is 0 Å². The van der Waals surface area contributed by atoms with Crippen molar-refractivity contribution in [3.63, 3.8) is 0 Å². The van der Waals surface area contributed by atoms with E-state index in [1.165, 1.54) is 11.3 Å². The van der Waals surface area contributed by atoms with Crippen LogP contribution >= 0.6 is 11.3 Å². The van der Waals surface area contributed by atoms with Crippen molar-refractivity contribution in [1.29, 1.82) is 0 Å². The number of amides is 1. The minimum Gasteiger partial charge on any atom is -0.351 e. The highest BCUT2D eigenvalue weighted by molar-refractivity contribution is 7.17. The molecule has 0 fully saturated rings. The van der Waals surface area contributed by atoms with Crippen LogP contribution in [-0.4, -0.2) is 27.2 Å². The molecule has 0 saturated carbocycles. The van der Waals surface area contributed by atoms with Gasteiger partial charge in [-0.05, 0) is 19.4 Å². The molecule has 0 aliphatic carbocycles. The Morgan fingerprint density at radius 3 is 2.83 bits per heavy atom. The van der Waals surface area contributed by atoms with Crippen molar-refractivity contribution >= 4 is 17.2 Å². The molecule has 2 aromatic heterocycles. The van der Waals surface area contributed by atoms with Gasteiger partial charge in [0.15, 0.2) is 0 Å². The first-order valence-electron chi connectivity index (χ1n) is 7.52. The normalized spacial score (nSPS) is 10.7. The van der Waals surface area contributed by atoms with Crippen LogP contribution in [0.25, 0.3) is 10.6 Å². The van der Waals surface area contributed by atoms with E-state index in [0.29, 0.717) is 11.4 Å². The van der Waals surface area contributed by atoms with Crippen LogP contribution in [0.1, 0.15) is 21.8 Å². The number of benzene rings is 1. The number of carbonyl (C=O) groups excluding carboxylic acids is 1. The molecule has 1 aromatic carbocycles. The first kappa shape index (κ1) is 15.4. The predicted octanol–water partition coefficient (Wildman–Crippen LogP) is 3.14. The molecule has 3 aromatic rings. The molecule has 2 heterocycles. The van der Waals surface area contributed by atoms with Crippen LogP contribution < -0.4 is 5.32 Å². The Labute approximate surface area is 139 Å². The number of nitrogens with zero attached hydrogens (tertiary/aromatic N) is 3. The zero-order valence-corrected chi connectivity index (χ0v) is 13.7. The molecule has 118 valence electrons. The van der Waals surface area contributed by atoms with Crippen LogP contribution in [0.2, 0.25) is 0 Å². The van der Waals surface area contributed by atoms with E-state index in [0.717, 1.165) is 29.2 Å². The topological polar surface area (TPSA) is 59.8 Å². The second-order valence-corrected chi connectivity index (χ2v) is 6.18. The molecule has 5 nitrogen and oxygen atoms in total. The third kappa shape index (κ3) is 3.84. The number of aryl methyl sites for hydroxylation is 2. The molecule has 1 N–H and O–H groups in total. The average molecular weight is 326 g/mol. The lowest BCUT2D eigenvalue weighted by atomic mass is 10.2. The molecule has 6 heteroatoms. The van der Waals surface area contributed by atoms with Crippen LogP contribution in [0.15, 0.2) is 48.8 Å². The van der Waals surface area contributed by atoms with Crippen molar-refractivity contribution < 1.29 is 4.79 Å². The summed E-state index contributed by atoms with van der Waals surface area (Å²) >= 11 is 1.44. The second-order valence-electron chi connectivity index (χ2n) is 5.18. The van der Waals surface area contributed by atoms with Gasteiger partial charge in [0, 0.05) is 31.0 Å². The summed E-state index contributed by atoms with van der Waals surface area (Å²) in [5.74, 6) is -0.0531. The molecule has 23 heavy (non-hydrogen) atoms. The van der Waals surface area contributed by atoms with E-state index < -0.39 is 0 Å². The van der Waals surface area contributed by atoms with E-state index in [1.807, 2.05) is 54.2 Å². The summed E-state index contributed by atoms with van der Waals surface area (Å²) in [5.41, 5.74) is 1.82. The van der Waals surface area contributed by atoms with Gasteiger partial charge >= 0.3 is 0 Å². The molecule has 0 aliphatic heterocycles. The van der Waals surface area contributed by atoms with Crippen molar-refractivity contribution in [1.82, 2.24) is 20.1 Å². The largest absolute Gasteiger partial charge is 0.351 e. The van der Waals surface area contributed by atoms with Crippen LogP contribution in [0.4, 0.5) is 0 Å². The van der Waals surface area contributed by atoms with E-state index in [-0.39, 0.29) is 5.91 Å². The Balaban J connectivity index is 1.58. The maximum atomic E-state index is 12.3. The van der Waals surface area contributed by atoms with Gasteiger partial charge in [0.1, 0.15) is 9.88 Å². The molecule has 0 spiro atoms. The number of rotatable bonds is 6. The highest BCUT2D eigenvalue weighted by atomic mass is 32.1. The monoisotopic (exact) mass is 326 g/mol. The number of hydrogen-bond donors (Lipinski definition) is 1. The number of nitrogens with one attached hydrogen (secondary N) is 1. The summed E-state index contributed by atoms with van der Waals surface area (Å²) < 4.78 is 1.86. The van der Waals surface area contributed by atoms with Crippen LogP contribution in [0.3, 0.4) is 0 Å². The van der Waals surface area contributed by atoms with Crippen LogP contribution in [-0.2, 0) is 6.54 Å². The fraction of sp³-hybridized carbons (Fsp3) is 0.235. The van der Waals surface area contributed by atoms with E-state index in [2.05, 4.69) is 15.4 Å². The van der Waals surface area contributed by atoms with Gasteiger partial charge < -0.3 is 5.32 Å². The molecular weight excluding hydrogens is 308 g/mol. The Bertz CT molecular complexity index is 765. The predicted molar refractivity (Wildman–Crippen MR) is 91.5 cm³/mol. The highest BCUT2D eigenvalue weighted by Gasteiger charge is 2.15. The van der Waals surface area contributed by atoms with E-state index in [1.54, 1.807) is 6.20 Å². The lowest BCUT2D eigenvalue weighted by Gasteiger charge is -2.04. The molecule has 0 atom stereocenters. The number of aromatic nitrogens is 3. The number of thiazole rings is 1. The van der Waals surface area contributed by atoms with Crippen molar-refractivity contribution in [2.75, 3.05) is 6.54 Å². The van der Waals surface area contributed by atoms with Crippen molar-refractivity contribution in [2.45, 2.75) is 19.9 Å². The Kier molecular flexibility index (Phi) is 4.83. The summed E-state index contributed by atoms with van der Waals surface area (Å²) in [6.45, 7) is 3.29. The average Bonchev–Trinajstić information content (AvgIpc) is 3.22. The van der Waals surface area contributed by atoms with Gasteiger partial charge in [-0.15, -0.1) is 11.3 Å². The maximum absolute atomic E-state index is 12.3. The SMILES string of the molecule is Cc1nc(-c2ccccc2)sc1C(=O)NCCCn1cccn1. The third-order valence-corrected chi connectivity index (χ3v) is 4.64. The minimum absolute atomic E-state index is 0.0531. The molecular formula is C17H18N4OS. The second kappa shape index (κ2) is 7.19. The fourth-order valence-corrected chi connectivity index (χ4v) is 3.26. The number of carbonyl (C=O) groups is 1. The van der Waals surface area contributed by atoms with Gasteiger partial charge in [0.05, 0.1) is 5.69 Å². The quantitative estimate of drug-likeness (QED) is 0.708. The Morgan fingerprint density at radius 1 is 1.26 bits per heavy atom. The van der Waals surface area contributed by atoms with Gasteiger partial charge in [-0.2, -0.15) is 5.10 Å².